The molecule has 3 nitrogen and oxygen atoms in total. The number of aryl methyl sites for hydroxylation is 1. The lowest BCUT2D eigenvalue weighted by molar-refractivity contribution is -0.123. The predicted molar refractivity (Wildman–Crippen MR) is 107 cm³/mol. The Morgan fingerprint density at radius 3 is 2.42 bits per heavy atom. The van der Waals surface area contributed by atoms with E-state index in [4.69, 9.17) is 0 Å². The molecule has 3 rings (SSSR count). The second kappa shape index (κ2) is 9.54. The molecule has 2 aromatic carbocycles. The number of nitrogens with zero attached hydrogens (tertiary/aromatic N) is 1. The van der Waals surface area contributed by atoms with Crippen LogP contribution in [0.2, 0.25) is 0 Å². The van der Waals surface area contributed by atoms with Gasteiger partial charge in [-0.25, -0.2) is 0 Å². The van der Waals surface area contributed by atoms with Crippen molar-refractivity contribution in [1.82, 2.24) is 10.2 Å². The van der Waals surface area contributed by atoms with Gasteiger partial charge in [-0.1, -0.05) is 60.7 Å². The minimum absolute atomic E-state index is 0.158. The van der Waals surface area contributed by atoms with Crippen LogP contribution in [0.5, 0.6) is 0 Å². The topological polar surface area (TPSA) is 32.3 Å². The normalized spacial score (nSPS) is 18.6. The van der Waals surface area contributed by atoms with E-state index in [9.17, 15) is 4.79 Å². The van der Waals surface area contributed by atoms with Gasteiger partial charge in [-0.3, -0.25) is 9.69 Å². The van der Waals surface area contributed by atoms with Crippen molar-refractivity contribution in [3.05, 3.63) is 71.8 Å². The Hall–Kier alpha value is -2.13. The van der Waals surface area contributed by atoms with E-state index in [0.717, 1.165) is 25.8 Å². The highest BCUT2D eigenvalue weighted by Crippen LogP contribution is 2.20. The zero-order valence-electron chi connectivity index (χ0n) is 15.7. The standard InChI is InChI=1S/C23H30N2O/c1-19(14-15-20-9-4-2-5-10-20)24-23(26)18-25-16-8-13-22(25)17-21-11-6-3-7-12-21/h2-7,9-12,19,22H,8,13-18H2,1H3,(H,24,26)/t19-,22+/m1/s1. The number of rotatable bonds is 8. The molecule has 0 unspecified atom stereocenters. The maximum absolute atomic E-state index is 12.5. The van der Waals surface area contributed by atoms with E-state index in [1.54, 1.807) is 0 Å². The number of carbonyl (C=O) groups is 1. The molecule has 1 aliphatic heterocycles. The van der Waals surface area contributed by atoms with E-state index < -0.39 is 0 Å². The first kappa shape index (κ1) is 18.7. The molecule has 0 saturated carbocycles. The summed E-state index contributed by atoms with van der Waals surface area (Å²) in [5.41, 5.74) is 2.69. The molecule has 26 heavy (non-hydrogen) atoms. The fraction of sp³-hybridized carbons (Fsp3) is 0.435. The maximum Gasteiger partial charge on any atom is 0.234 e. The number of hydrogen-bond donors (Lipinski definition) is 1. The summed E-state index contributed by atoms with van der Waals surface area (Å²) in [7, 11) is 0. The van der Waals surface area contributed by atoms with Crippen molar-refractivity contribution in [2.24, 2.45) is 0 Å². The van der Waals surface area contributed by atoms with Gasteiger partial charge in [-0.2, -0.15) is 0 Å². The number of benzene rings is 2. The lowest BCUT2D eigenvalue weighted by atomic mass is 10.0. The van der Waals surface area contributed by atoms with Crippen LogP contribution in [0.1, 0.15) is 37.3 Å². The van der Waals surface area contributed by atoms with Crippen LogP contribution in [-0.4, -0.2) is 36.0 Å². The molecule has 3 heteroatoms. The first-order valence-electron chi connectivity index (χ1n) is 9.82. The van der Waals surface area contributed by atoms with Crippen LogP contribution in [0.25, 0.3) is 0 Å². The monoisotopic (exact) mass is 350 g/mol. The van der Waals surface area contributed by atoms with Crippen LogP contribution >= 0.6 is 0 Å². The number of amides is 1. The van der Waals surface area contributed by atoms with Crippen LogP contribution in [0.3, 0.4) is 0 Å². The van der Waals surface area contributed by atoms with E-state index in [1.807, 2.05) is 6.07 Å². The number of likely N-dealkylation sites (tertiary alicyclic amines) is 1. The summed E-state index contributed by atoms with van der Waals surface area (Å²) >= 11 is 0. The largest absolute Gasteiger partial charge is 0.353 e. The van der Waals surface area contributed by atoms with Crippen molar-refractivity contribution in [2.45, 2.75) is 51.1 Å². The summed E-state index contributed by atoms with van der Waals surface area (Å²) in [4.78, 5) is 14.8. The van der Waals surface area contributed by atoms with E-state index in [1.165, 1.54) is 24.0 Å². The van der Waals surface area contributed by atoms with Crippen molar-refractivity contribution in [3.8, 4) is 0 Å². The fourth-order valence-electron chi connectivity index (χ4n) is 3.83. The highest BCUT2D eigenvalue weighted by Gasteiger charge is 2.26. The van der Waals surface area contributed by atoms with Gasteiger partial charge < -0.3 is 5.32 Å². The molecule has 2 aromatic rings. The van der Waals surface area contributed by atoms with Crippen molar-refractivity contribution in [2.75, 3.05) is 13.1 Å². The average molecular weight is 351 g/mol. The average Bonchev–Trinajstić information content (AvgIpc) is 3.08. The number of carbonyl (C=O) groups excluding carboxylic acids is 1. The van der Waals surface area contributed by atoms with E-state index >= 15 is 0 Å². The highest BCUT2D eigenvalue weighted by atomic mass is 16.2. The number of nitrogens with one attached hydrogen (secondary N) is 1. The Morgan fingerprint density at radius 2 is 1.73 bits per heavy atom. The minimum Gasteiger partial charge on any atom is -0.353 e. The maximum atomic E-state index is 12.5. The molecule has 1 heterocycles. The first-order valence-corrected chi connectivity index (χ1v) is 9.82. The second-order valence-corrected chi connectivity index (χ2v) is 7.45. The quantitative estimate of drug-likeness (QED) is 0.785. The van der Waals surface area contributed by atoms with Crippen molar-refractivity contribution in [3.63, 3.8) is 0 Å². The molecule has 0 aliphatic carbocycles. The zero-order valence-corrected chi connectivity index (χ0v) is 15.7. The summed E-state index contributed by atoms with van der Waals surface area (Å²) in [5.74, 6) is 0.158. The molecule has 0 spiro atoms. The van der Waals surface area contributed by atoms with Crippen LogP contribution in [0.15, 0.2) is 60.7 Å². The van der Waals surface area contributed by atoms with Gasteiger partial charge in [0.15, 0.2) is 0 Å². The Labute approximate surface area is 157 Å². The molecule has 0 radical (unpaired) electrons. The SMILES string of the molecule is C[C@H](CCc1ccccc1)NC(=O)CN1CCC[C@H]1Cc1ccccc1. The number of hydrogen-bond acceptors (Lipinski definition) is 2. The first-order chi connectivity index (χ1) is 12.7. The third-order valence-electron chi connectivity index (χ3n) is 5.28. The third kappa shape index (κ3) is 5.70. The molecule has 1 aliphatic rings. The Balaban J connectivity index is 1.43. The van der Waals surface area contributed by atoms with Crippen molar-refractivity contribution in [1.29, 1.82) is 0 Å². The fourth-order valence-corrected chi connectivity index (χ4v) is 3.83. The van der Waals surface area contributed by atoms with Gasteiger partial charge in [0, 0.05) is 12.1 Å². The van der Waals surface area contributed by atoms with Crippen LogP contribution in [0, 0.1) is 0 Å². The van der Waals surface area contributed by atoms with Gasteiger partial charge in [-0.15, -0.1) is 0 Å². The summed E-state index contributed by atoms with van der Waals surface area (Å²) in [6, 6.07) is 21.8. The molecule has 2 atom stereocenters. The van der Waals surface area contributed by atoms with Crippen LogP contribution in [0.4, 0.5) is 0 Å². The van der Waals surface area contributed by atoms with Gasteiger partial charge in [0.25, 0.3) is 0 Å². The van der Waals surface area contributed by atoms with Gasteiger partial charge in [0.2, 0.25) is 5.91 Å². The molecule has 1 N–H and O–H groups in total. The Bertz CT molecular complexity index is 671. The van der Waals surface area contributed by atoms with E-state index in [2.05, 4.69) is 71.7 Å². The van der Waals surface area contributed by atoms with Crippen molar-refractivity contribution >= 4 is 5.91 Å². The lowest BCUT2D eigenvalue weighted by Gasteiger charge is -2.25. The molecule has 1 saturated heterocycles. The molecular weight excluding hydrogens is 320 g/mol. The summed E-state index contributed by atoms with van der Waals surface area (Å²) in [5, 5.41) is 3.18. The predicted octanol–water partition coefficient (Wildman–Crippen LogP) is 3.83. The highest BCUT2D eigenvalue weighted by molar-refractivity contribution is 5.78. The van der Waals surface area contributed by atoms with Gasteiger partial charge in [0.05, 0.1) is 6.54 Å². The van der Waals surface area contributed by atoms with Crippen LogP contribution < -0.4 is 5.32 Å². The molecular formula is C23H30N2O. The lowest BCUT2D eigenvalue weighted by Crippen LogP contribution is -2.43. The van der Waals surface area contributed by atoms with E-state index in [0.29, 0.717) is 12.6 Å². The molecule has 1 amide bonds. The van der Waals surface area contributed by atoms with Gasteiger partial charge in [-0.05, 0) is 56.7 Å². The summed E-state index contributed by atoms with van der Waals surface area (Å²) in [6.45, 7) is 3.66. The second-order valence-electron chi connectivity index (χ2n) is 7.45. The Kier molecular flexibility index (Phi) is 6.84. The summed E-state index contributed by atoms with van der Waals surface area (Å²) < 4.78 is 0. The molecule has 0 aromatic heterocycles. The Morgan fingerprint density at radius 1 is 1.08 bits per heavy atom. The minimum atomic E-state index is 0.158. The smallest absolute Gasteiger partial charge is 0.234 e. The van der Waals surface area contributed by atoms with Gasteiger partial charge >= 0.3 is 0 Å². The molecule has 138 valence electrons. The third-order valence-corrected chi connectivity index (χ3v) is 5.28. The van der Waals surface area contributed by atoms with Crippen LogP contribution in [-0.2, 0) is 17.6 Å². The molecule has 1 fully saturated rings. The summed E-state index contributed by atoms with van der Waals surface area (Å²) in [6.07, 6.45) is 5.39. The molecule has 0 bridgehead atoms. The van der Waals surface area contributed by atoms with Gasteiger partial charge in [0.1, 0.15) is 0 Å². The zero-order chi connectivity index (χ0) is 18.2. The van der Waals surface area contributed by atoms with E-state index in [-0.39, 0.29) is 11.9 Å². The van der Waals surface area contributed by atoms with Crippen molar-refractivity contribution < 1.29 is 4.79 Å².